The topological polar surface area (TPSA) is 52.6 Å². The minimum absolute atomic E-state index is 0.645. The maximum atomic E-state index is 10.1. The predicted octanol–water partition coefficient (Wildman–Crippen LogP) is 0.169. The molecule has 2 N–H and O–H groups in total. The molecule has 0 amide bonds. The Morgan fingerprint density at radius 1 is 1.71 bits per heavy atom. The molecule has 1 aliphatic rings. The van der Waals surface area contributed by atoms with E-state index in [1.54, 1.807) is 6.08 Å². The molecule has 0 aromatic rings. The van der Waals surface area contributed by atoms with Gasteiger partial charge in [-0.15, -0.1) is 0 Å². The molecule has 1 aliphatic heterocycles. The average molecular weight is 198 g/mol. The lowest BCUT2D eigenvalue weighted by Gasteiger charge is -2.10. The highest BCUT2D eigenvalue weighted by Crippen LogP contribution is 2.12. The molecule has 0 saturated carbocycles. The zero-order valence-corrected chi connectivity index (χ0v) is 8.57. The van der Waals surface area contributed by atoms with Crippen molar-refractivity contribution in [3.63, 3.8) is 0 Å². The fraction of sp³-hybridized carbons (Fsp3) is 0.700. The molecule has 0 aliphatic carbocycles. The molecular weight excluding hydrogens is 180 g/mol. The number of carboxylic acid groups (broad SMARTS) is 1. The van der Waals surface area contributed by atoms with Gasteiger partial charge >= 0.3 is 5.97 Å². The van der Waals surface area contributed by atoms with E-state index in [1.807, 2.05) is 0 Å². The quantitative estimate of drug-likeness (QED) is 0.488. The summed E-state index contributed by atoms with van der Waals surface area (Å²) in [5.41, 5.74) is 0. The van der Waals surface area contributed by atoms with Crippen LogP contribution in [0.15, 0.2) is 12.2 Å². The molecule has 1 fully saturated rings. The summed E-state index contributed by atoms with van der Waals surface area (Å²) in [5, 5.41) is 11.6. The summed E-state index contributed by atoms with van der Waals surface area (Å²) in [6.07, 6.45) is 4.06. The minimum atomic E-state index is -0.882. The Labute approximate surface area is 84.6 Å². The van der Waals surface area contributed by atoms with E-state index in [1.165, 1.54) is 19.0 Å². The van der Waals surface area contributed by atoms with Crippen LogP contribution in [0.1, 0.15) is 6.42 Å². The molecule has 0 spiro atoms. The second-order valence-corrected chi connectivity index (χ2v) is 3.82. The number of rotatable bonds is 5. The zero-order valence-electron chi connectivity index (χ0n) is 8.57. The van der Waals surface area contributed by atoms with Crippen molar-refractivity contribution in [1.82, 2.24) is 10.2 Å². The van der Waals surface area contributed by atoms with Gasteiger partial charge in [0, 0.05) is 19.2 Å². The van der Waals surface area contributed by atoms with E-state index in [-0.39, 0.29) is 0 Å². The highest BCUT2D eigenvalue weighted by molar-refractivity contribution is 5.79. The number of aliphatic carboxylic acids is 1. The fourth-order valence-corrected chi connectivity index (χ4v) is 1.72. The first-order valence-electron chi connectivity index (χ1n) is 4.97. The van der Waals surface area contributed by atoms with Crippen LogP contribution in [0.5, 0.6) is 0 Å². The van der Waals surface area contributed by atoms with Gasteiger partial charge in [0.15, 0.2) is 0 Å². The van der Waals surface area contributed by atoms with Crippen LogP contribution in [0.25, 0.3) is 0 Å². The SMILES string of the molecule is CN1CCC(CNC/C=C/C(=O)O)C1. The molecule has 4 nitrogen and oxygen atoms in total. The predicted molar refractivity (Wildman–Crippen MR) is 55.2 cm³/mol. The van der Waals surface area contributed by atoms with Gasteiger partial charge in [0.1, 0.15) is 0 Å². The van der Waals surface area contributed by atoms with Crippen LogP contribution < -0.4 is 5.32 Å². The van der Waals surface area contributed by atoms with Crippen molar-refractivity contribution < 1.29 is 9.90 Å². The number of carbonyl (C=O) groups is 1. The lowest BCUT2D eigenvalue weighted by atomic mass is 10.1. The van der Waals surface area contributed by atoms with Crippen molar-refractivity contribution >= 4 is 5.97 Å². The van der Waals surface area contributed by atoms with Crippen LogP contribution in [0.2, 0.25) is 0 Å². The van der Waals surface area contributed by atoms with Crippen molar-refractivity contribution in [2.75, 3.05) is 33.2 Å². The van der Waals surface area contributed by atoms with Crippen molar-refractivity contribution in [3.05, 3.63) is 12.2 Å². The van der Waals surface area contributed by atoms with Crippen molar-refractivity contribution in [1.29, 1.82) is 0 Å². The smallest absolute Gasteiger partial charge is 0.328 e. The maximum Gasteiger partial charge on any atom is 0.328 e. The van der Waals surface area contributed by atoms with Crippen molar-refractivity contribution in [2.45, 2.75) is 6.42 Å². The van der Waals surface area contributed by atoms with Crippen LogP contribution in [0.3, 0.4) is 0 Å². The Hall–Kier alpha value is -0.870. The number of carboxylic acids is 1. The lowest BCUT2D eigenvalue weighted by molar-refractivity contribution is -0.131. The summed E-state index contributed by atoms with van der Waals surface area (Å²) in [4.78, 5) is 12.5. The number of nitrogens with one attached hydrogen (secondary N) is 1. The Morgan fingerprint density at radius 2 is 2.50 bits per heavy atom. The van der Waals surface area contributed by atoms with E-state index < -0.39 is 5.97 Å². The molecule has 14 heavy (non-hydrogen) atoms. The van der Waals surface area contributed by atoms with Gasteiger partial charge in [-0.25, -0.2) is 4.79 Å². The first kappa shape index (κ1) is 11.2. The highest BCUT2D eigenvalue weighted by Gasteiger charge is 2.18. The van der Waals surface area contributed by atoms with Crippen LogP contribution in [0, 0.1) is 5.92 Å². The van der Waals surface area contributed by atoms with Gasteiger partial charge < -0.3 is 15.3 Å². The van der Waals surface area contributed by atoms with Gasteiger partial charge in [-0.05, 0) is 32.5 Å². The fourth-order valence-electron chi connectivity index (χ4n) is 1.72. The summed E-state index contributed by atoms with van der Waals surface area (Å²) in [6, 6.07) is 0. The second kappa shape index (κ2) is 5.78. The third-order valence-electron chi connectivity index (χ3n) is 2.44. The molecule has 1 saturated heterocycles. The summed E-state index contributed by atoms with van der Waals surface area (Å²) >= 11 is 0. The van der Waals surface area contributed by atoms with E-state index in [2.05, 4.69) is 17.3 Å². The molecule has 0 aromatic carbocycles. The van der Waals surface area contributed by atoms with Crippen LogP contribution in [-0.4, -0.2) is 49.2 Å². The summed E-state index contributed by atoms with van der Waals surface area (Å²) in [6.45, 7) is 3.95. The molecule has 80 valence electrons. The zero-order chi connectivity index (χ0) is 10.4. The molecule has 1 rings (SSSR count). The van der Waals surface area contributed by atoms with Crippen LogP contribution in [-0.2, 0) is 4.79 Å². The average Bonchev–Trinajstić information content (AvgIpc) is 2.50. The number of hydrogen-bond donors (Lipinski definition) is 2. The van der Waals surface area contributed by atoms with Gasteiger partial charge in [-0.2, -0.15) is 0 Å². The number of likely N-dealkylation sites (tertiary alicyclic amines) is 1. The van der Waals surface area contributed by atoms with E-state index in [9.17, 15) is 4.79 Å². The van der Waals surface area contributed by atoms with E-state index >= 15 is 0 Å². The van der Waals surface area contributed by atoms with E-state index in [0.29, 0.717) is 6.54 Å². The van der Waals surface area contributed by atoms with E-state index in [0.717, 1.165) is 19.0 Å². The van der Waals surface area contributed by atoms with Gasteiger partial charge in [-0.3, -0.25) is 0 Å². The number of nitrogens with zero attached hydrogens (tertiary/aromatic N) is 1. The standard InChI is InChI=1S/C10H18N2O2/c1-12-6-4-9(8-12)7-11-5-2-3-10(13)14/h2-3,9,11H,4-8H2,1H3,(H,13,14)/b3-2+. The van der Waals surface area contributed by atoms with E-state index in [4.69, 9.17) is 5.11 Å². The first-order chi connectivity index (χ1) is 6.68. The Bertz CT molecular complexity index is 216. The molecule has 1 heterocycles. The minimum Gasteiger partial charge on any atom is -0.478 e. The second-order valence-electron chi connectivity index (χ2n) is 3.82. The van der Waals surface area contributed by atoms with Gasteiger partial charge in [-0.1, -0.05) is 6.08 Å². The van der Waals surface area contributed by atoms with Crippen LogP contribution in [0.4, 0.5) is 0 Å². The lowest BCUT2D eigenvalue weighted by Crippen LogP contribution is -2.25. The summed E-state index contributed by atoms with van der Waals surface area (Å²) in [5.74, 6) is -0.161. The molecule has 1 unspecified atom stereocenters. The largest absolute Gasteiger partial charge is 0.478 e. The molecule has 4 heteroatoms. The molecule has 1 atom stereocenters. The highest BCUT2D eigenvalue weighted by atomic mass is 16.4. The molecular formula is C10H18N2O2. The molecule has 0 aromatic heterocycles. The molecule has 0 bridgehead atoms. The maximum absolute atomic E-state index is 10.1. The third-order valence-corrected chi connectivity index (χ3v) is 2.44. The Kier molecular flexibility index (Phi) is 4.62. The van der Waals surface area contributed by atoms with Gasteiger partial charge in [0.2, 0.25) is 0 Å². The van der Waals surface area contributed by atoms with Gasteiger partial charge in [0.25, 0.3) is 0 Å². The normalized spacial score (nSPS) is 23.4. The third kappa shape index (κ3) is 4.39. The van der Waals surface area contributed by atoms with Crippen LogP contribution >= 0.6 is 0 Å². The molecule has 0 radical (unpaired) electrons. The Balaban J connectivity index is 2.01. The monoisotopic (exact) mass is 198 g/mol. The first-order valence-corrected chi connectivity index (χ1v) is 4.97. The summed E-state index contributed by atoms with van der Waals surface area (Å²) < 4.78 is 0. The van der Waals surface area contributed by atoms with Crippen molar-refractivity contribution in [3.8, 4) is 0 Å². The van der Waals surface area contributed by atoms with Crippen molar-refractivity contribution in [2.24, 2.45) is 5.92 Å². The Morgan fingerprint density at radius 3 is 3.07 bits per heavy atom. The van der Waals surface area contributed by atoms with Gasteiger partial charge in [0.05, 0.1) is 0 Å². The number of hydrogen-bond acceptors (Lipinski definition) is 3. The summed E-state index contributed by atoms with van der Waals surface area (Å²) in [7, 11) is 2.13.